The Kier molecular flexibility index (Phi) is 4.09. The Balaban J connectivity index is 1.87. The number of halogens is 1. The summed E-state index contributed by atoms with van der Waals surface area (Å²) in [6.45, 7) is 9.28. The fourth-order valence-corrected chi connectivity index (χ4v) is 2.39. The van der Waals surface area contributed by atoms with Crippen molar-refractivity contribution in [3.8, 4) is 5.82 Å². The van der Waals surface area contributed by atoms with E-state index in [9.17, 15) is 4.39 Å². The van der Waals surface area contributed by atoms with Crippen LogP contribution < -0.4 is 0 Å². The van der Waals surface area contributed by atoms with Gasteiger partial charge in [0.2, 0.25) is 0 Å². The van der Waals surface area contributed by atoms with Gasteiger partial charge in [-0.2, -0.15) is 5.10 Å². The molecule has 0 aromatic carbocycles. The zero-order valence-corrected chi connectivity index (χ0v) is 14.6. The largest absolute Gasteiger partial charge is 0.525 e. The molecule has 7 heteroatoms. The molecule has 0 N–H and O–H groups in total. The number of hydrogen-bond donors (Lipinski definition) is 0. The predicted octanol–water partition coefficient (Wildman–Crippen LogP) is 3.60. The lowest BCUT2D eigenvalue weighted by Crippen LogP contribution is -2.41. The van der Waals surface area contributed by atoms with E-state index in [0.717, 1.165) is 0 Å². The second-order valence-corrected chi connectivity index (χ2v) is 6.92. The number of rotatable bonds is 3. The van der Waals surface area contributed by atoms with Crippen LogP contribution in [-0.2, 0) is 9.31 Å². The molecule has 2 aromatic heterocycles. The van der Waals surface area contributed by atoms with Crippen molar-refractivity contribution in [2.45, 2.75) is 45.8 Å². The first-order valence-corrected chi connectivity index (χ1v) is 7.90. The van der Waals surface area contributed by atoms with Crippen molar-refractivity contribution in [2.24, 2.45) is 0 Å². The summed E-state index contributed by atoms with van der Waals surface area (Å²) in [5.41, 5.74) is -0.487. The summed E-state index contributed by atoms with van der Waals surface area (Å²) in [6, 6.07) is 5.54. The number of hydrogen-bond acceptors (Lipinski definition) is 4. The first-order valence-electron chi connectivity index (χ1n) is 7.90. The van der Waals surface area contributed by atoms with Crippen LogP contribution in [0.15, 0.2) is 42.5 Å². The van der Waals surface area contributed by atoms with Gasteiger partial charge in [0.15, 0.2) is 5.82 Å². The van der Waals surface area contributed by atoms with Gasteiger partial charge in [-0.15, -0.1) is 0 Å². The fraction of sp³-hybridized carbons (Fsp3) is 0.412. The van der Waals surface area contributed by atoms with Crippen molar-refractivity contribution in [2.75, 3.05) is 0 Å². The number of aromatic nitrogens is 3. The van der Waals surface area contributed by atoms with Crippen LogP contribution in [0.1, 0.15) is 40.2 Å². The Morgan fingerprint density at radius 3 is 2.42 bits per heavy atom. The molecular weight excluding hydrogens is 308 g/mol. The van der Waals surface area contributed by atoms with Crippen LogP contribution in [0, 0.1) is 0 Å². The molecule has 126 valence electrons. The molecule has 0 aliphatic carbocycles. The van der Waals surface area contributed by atoms with Crippen LogP contribution in [0.5, 0.6) is 0 Å². The first kappa shape index (κ1) is 16.9. The van der Waals surface area contributed by atoms with Crippen LogP contribution in [0.4, 0.5) is 4.39 Å². The van der Waals surface area contributed by atoms with Crippen molar-refractivity contribution in [3.63, 3.8) is 0 Å². The monoisotopic (exact) mass is 329 g/mol. The van der Waals surface area contributed by atoms with Crippen LogP contribution in [0.2, 0.25) is 0 Å². The summed E-state index contributed by atoms with van der Waals surface area (Å²) in [7, 11) is -1.01. The molecule has 1 fully saturated rings. The average molecular weight is 329 g/mol. The number of nitrogens with zero attached hydrogens (tertiary/aromatic N) is 3. The smallest absolute Gasteiger partial charge is 0.398 e. The maximum absolute atomic E-state index is 14.9. The van der Waals surface area contributed by atoms with Crippen molar-refractivity contribution in [1.82, 2.24) is 14.8 Å². The predicted molar refractivity (Wildman–Crippen MR) is 91.1 cm³/mol. The highest BCUT2D eigenvalue weighted by molar-refractivity contribution is 6.55. The van der Waals surface area contributed by atoms with E-state index in [-0.39, 0.29) is 0 Å². The maximum Gasteiger partial charge on any atom is 0.525 e. The van der Waals surface area contributed by atoms with Gasteiger partial charge in [-0.25, -0.2) is 14.1 Å². The van der Waals surface area contributed by atoms with Gasteiger partial charge in [0.1, 0.15) is 5.73 Å². The lowest BCUT2D eigenvalue weighted by molar-refractivity contribution is 0.00578. The molecule has 0 amide bonds. The van der Waals surface area contributed by atoms with Crippen LogP contribution >= 0.6 is 0 Å². The first-order chi connectivity index (χ1) is 11.2. The van der Waals surface area contributed by atoms with Crippen molar-refractivity contribution in [1.29, 1.82) is 0 Å². The van der Waals surface area contributed by atoms with E-state index in [0.29, 0.717) is 17.0 Å². The van der Waals surface area contributed by atoms with E-state index < -0.39 is 24.0 Å². The third kappa shape index (κ3) is 2.89. The third-order valence-corrected chi connectivity index (χ3v) is 4.72. The van der Waals surface area contributed by atoms with E-state index >= 15 is 0 Å². The lowest BCUT2D eigenvalue weighted by atomic mass is 9.84. The third-order valence-electron chi connectivity index (χ3n) is 4.72. The molecule has 0 atom stereocenters. The van der Waals surface area contributed by atoms with Gasteiger partial charge in [-0.3, -0.25) is 0 Å². The Morgan fingerprint density at radius 2 is 1.83 bits per heavy atom. The van der Waals surface area contributed by atoms with Crippen molar-refractivity contribution in [3.05, 3.63) is 48.1 Å². The molecular formula is C17H21BFN3O2. The van der Waals surface area contributed by atoms with Crippen LogP contribution in [0.3, 0.4) is 0 Å². The van der Waals surface area contributed by atoms with Crippen molar-refractivity contribution < 1.29 is 13.7 Å². The van der Waals surface area contributed by atoms with Gasteiger partial charge < -0.3 is 9.31 Å². The fourth-order valence-electron chi connectivity index (χ4n) is 2.39. The topological polar surface area (TPSA) is 49.2 Å². The molecule has 1 aliphatic rings. The zero-order chi connectivity index (χ0) is 17.5. The molecule has 24 heavy (non-hydrogen) atoms. The minimum Gasteiger partial charge on any atom is -0.398 e. The minimum atomic E-state index is -1.01. The molecule has 0 radical (unpaired) electrons. The second-order valence-electron chi connectivity index (χ2n) is 6.92. The van der Waals surface area contributed by atoms with Crippen LogP contribution in [-0.4, -0.2) is 33.1 Å². The molecule has 2 aromatic rings. The number of allylic oxidation sites excluding steroid dienone is 1. The van der Waals surface area contributed by atoms with Gasteiger partial charge >= 0.3 is 7.12 Å². The quantitative estimate of drug-likeness (QED) is 0.808. The maximum atomic E-state index is 14.9. The van der Waals surface area contributed by atoms with E-state index in [4.69, 9.17) is 9.31 Å². The van der Waals surface area contributed by atoms with Gasteiger partial charge in [-0.05, 0) is 52.3 Å². The Labute approximate surface area is 141 Å². The summed E-state index contributed by atoms with van der Waals surface area (Å²) >= 11 is 0. The SMILES string of the molecule is CC(=C(F)B1OC(C)(C)C(C)(C)O1)c1cnn(-c2ccccn2)c1. The van der Waals surface area contributed by atoms with E-state index in [2.05, 4.69) is 10.1 Å². The minimum absolute atomic E-state index is 0.436. The summed E-state index contributed by atoms with van der Waals surface area (Å²) in [6.07, 6.45) is 5.03. The molecule has 1 aliphatic heterocycles. The van der Waals surface area contributed by atoms with E-state index in [1.165, 1.54) is 0 Å². The summed E-state index contributed by atoms with van der Waals surface area (Å²) in [4.78, 5) is 4.22. The highest BCUT2D eigenvalue weighted by atomic mass is 19.1. The highest BCUT2D eigenvalue weighted by Crippen LogP contribution is 2.40. The van der Waals surface area contributed by atoms with E-state index in [1.807, 2.05) is 45.9 Å². The molecule has 3 rings (SSSR count). The van der Waals surface area contributed by atoms with Gasteiger partial charge in [0.05, 0.1) is 17.4 Å². The van der Waals surface area contributed by atoms with E-state index in [1.54, 1.807) is 30.2 Å². The Hall–Kier alpha value is -1.99. The molecule has 0 saturated carbocycles. The molecule has 0 spiro atoms. The summed E-state index contributed by atoms with van der Waals surface area (Å²) < 4.78 is 28.0. The molecule has 3 heterocycles. The highest BCUT2D eigenvalue weighted by Gasteiger charge is 2.53. The molecule has 0 unspecified atom stereocenters. The van der Waals surface area contributed by atoms with Gasteiger partial charge in [0, 0.05) is 18.0 Å². The second kappa shape index (κ2) is 5.83. The molecule has 0 bridgehead atoms. The normalized spacial score (nSPS) is 20.2. The molecule has 5 nitrogen and oxygen atoms in total. The van der Waals surface area contributed by atoms with Crippen molar-refractivity contribution >= 4 is 12.7 Å². The van der Waals surface area contributed by atoms with Gasteiger partial charge in [-0.1, -0.05) is 6.07 Å². The summed E-state index contributed by atoms with van der Waals surface area (Å²) in [5.74, 6) is 0.674. The Bertz CT molecular complexity index is 755. The molecule has 1 saturated heterocycles. The Morgan fingerprint density at radius 1 is 1.17 bits per heavy atom. The lowest BCUT2D eigenvalue weighted by Gasteiger charge is -2.32. The number of pyridine rings is 1. The van der Waals surface area contributed by atoms with Gasteiger partial charge in [0.25, 0.3) is 0 Å². The standard InChI is InChI=1S/C17H21BFN3O2/c1-12(15(19)18-23-16(2,3)17(4,5)24-18)13-10-21-22(11-13)14-8-6-7-9-20-14/h6-11H,1-5H3. The zero-order valence-electron chi connectivity index (χ0n) is 14.6. The summed E-state index contributed by atoms with van der Waals surface area (Å²) in [5, 5.41) is 4.25. The van der Waals surface area contributed by atoms with Crippen LogP contribution in [0.25, 0.3) is 11.4 Å². The average Bonchev–Trinajstić information content (AvgIpc) is 3.10.